The molecule has 2 rings (SSSR count). The summed E-state index contributed by atoms with van der Waals surface area (Å²) in [4.78, 5) is 25.9. The number of halogens is 3. The van der Waals surface area contributed by atoms with Crippen molar-refractivity contribution in [2.45, 2.75) is 18.8 Å². The number of hydrogen-bond acceptors (Lipinski definition) is 3. The van der Waals surface area contributed by atoms with Crippen LogP contribution in [-0.4, -0.2) is 48.8 Å². The number of carbonyl (C=O) groups excluding carboxylic acids is 2. The lowest BCUT2D eigenvalue weighted by molar-refractivity contribution is -0.128. The molecule has 0 bridgehead atoms. The van der Waals surface area contributed by atoms with Crippen LogP contribution in [0.5, 0.6) is 0 Å². The van der Waals surface area contributed by atoms with Gasteiger partial charge in [-0.2, -0.15) is 0 Å². The second-order valence-electron chi connectivity index (χ2n) is 5.71. The van der Waals surface area contributed by atoms with E-state index in [1.807, 2.05) is 6.07 Å². The Morgan fingerprint density at radius 3 is 2.33 bits per heavy atom. The van der Waals surface area contributed by atoms with Crippen molar-refractivity contribution in [3.05, 3.63) is 35.9 Å². The van der Waals surface area contributed by atoms with Gasteiger partial charge in [-0.25, -0.2) is 8.78 Å². The van der Waals surface area contributed by atoms with Crippen molar-refractivity contribution >= 4 is 24.2 Å². The Bertz CT molecular complexity index is 550. The van der Waals surface area contributed by atoms with Gasteiger partial charge in [0.15, 0.2) is 0 Å². The Hall–Kier alpha value is -1.73. The van der Waals surface area contributed by atoms with Gasteiger partial charge in [0, 0.05) is 24.6 Å². The maximum absolute atomic E-state index is 13.0. The third-order valence-electron chi connectivity index (χ3n) is 3.99. The molecule has 24 heavy (non-hydrogen) atoms. The Balaban J connectivity index is 0.00000288. The SMILES string of the molecule is Cl.NCC(F)(F)CNC(=O)C1CCN(C(=O)c2ccccc2)CC1. The minimum absolute atomic E-state index is 0. The maximum atomic E-state index is 13.0. The first-order valence-electron chi connectivity index (χ1n) is 7.63. The summed E-state index contributed by atoms with van der Waals surface area (Å²) in [5.74, 6) is -3.90. The topological polar surface area (TPSA) is 75.4 Å². The van der Waals surface area contributed by atoms with Gasteiger partial charge in [0.2, 0.25) is 5.91 Å². The highest BCUT2D eigenvalue weighted by molar-refractivity contribution is 5.94. The molecule has 1 saturated heterocycles. The number of carbonyl (C=O) groups is 2. The van der Waals surface area contributed by atoms with Crippen LogP contribution in [-0.2, 0) is 4.79 Å². The first kappa shape index (κ1) is 20.3. The van der Waals surface area contributed by atoms with Crippen molar-refractivity contribution in [2.75, 3.05) is 26.2 Å². The van der Waals surface area contributed by atoms with Crippen molar-refractivity contribution in [3.63, 3.8) is 0 Å². The Morgan fingerprint density at radius 2 is 1.79 bits per heavy atom. The van der Waals surface area contributed by atoms with E-state index in [-0.39, 0.29) is 24.2 Å². The zero-order chi connectivity index (χ0) is 16.9. The second kappa shape index (κ2) is 8.94. The molecule has 1 fully saturated rings. The van der Waals surface area contributed by atoms with Crippen molar-refractivity contribution in [1.29, 1.82) is 0 Å². The lowest BCUT2D eigenvalue weighted by Crippen LogP contribution is -2.46. The summed E-state index contributed by atoms with van der Waals surface area (Å²) >= 11 is 0. The smallest absolute Gasteiger partial charge is 0.277 e. The summed E-state index contributed by atoms with van der Waals surface area (Å²) in [7, 11) is 0. The van der Waals surface area contributed by atoms with Crippen LogP contribution in [0.4, 0.5) is 8.78 Å². The summed E-state index contributed by atoms with van der Waals surface area (Å²) in [6.07, 6.45) is 0.942. The molecule has 0 saturated carbocycles. The molecule has 0 aliphatic carbocycles. The predicted molar refractivity (Wildman–Crippen MR) is 89.3 cm³/mol. The van der Waals surface area contributed by atoms with Crippen LogP contribution < -0.4 is 11.1 Å². The molecule has 134 valence electrons. The van der Waals surface area contributed by atoms with Crippen molar-refractivity contribution in [1.82, 2.24) is 10.2 Å². The number of nitrogens with two attached hydrogens (primary N) is 1. The van der Waals surface area contributed by atoms with Crippen LogP contribution in [0.15, 0.2) is 30.3 Å². The molecule has 1 aromatic carbocycles. The average molecular weight is 362 g/mol. The first-order chi connectivity index (χ1) is 10.9. The number of rotatable bonds is 5. The van der Waals surface area contributed by atoms with Gasteiger partial charge in [0.25, 0.3) is 11.8 Å². The summed E-state index contributed by atoms with van der Waals surface area (Å²) in [6, 6.07) is 8.92. The first-order valence-corrected chi connectivity index (χ1v) is 7.63. The van der Waals surface area contributed by atoms with E-state index in [1.54, 1.807) is 29.2 Å². The fourth-order valence-corrected chi connectivity index (χ4v) is 2.54. The lowest BCUT2D eigenvalue weighted by atomic mass is 9.95. The third kappa shape index (κ3) is 5.42. The van der Waals surface area contributed by atoms with Gasteiger partial charge in [0.05, 0.1) is 13.1 Å². The average Bonchev–Trinajstić information content (AvgIpc) is 2.60. The quantitative estimate of drug-likeness (QED) is 0.837. The molecule has 0 radical (unpaired) electrons. The van der Waals surface area contributed by atoms with Crippen LogP contribution in [0.3, 0.4) is 0 Å². The van der Waals surface area contributed by atoms with Gasteiger partial charge in [-0.1, -0.05) is 18.2 Å². The molecule has 0 aromatic heterocycles. The summed E-state index contributed by atoms with van der Waals surface area (Å²) < 4.78 is 26.1. The molecule has 2 amide bonds. The van der Waals surface area contributed by atoms with Crippen LogP contribution in [0.25, 0.3) is 0 Å². The normalized spacial score (nSPS) is 15.5. The number of amides is 2. The van der Waals surface area contributed by atoms with Gasteiger partial charge < -0.3 is 16.0 Å². The molecule has 1 heterocycles. The molecule has 3 N–H and O–H groups in total. The molecule has 0 unspecified atom stereocenters. The highest BCUT2D eigenvalue weighted by atomic mass is 35.5. The van der Waals surface area contributed by atoms with E-state index in [1.165, 1.54) is 0 Å². The van der Waals surface area contributed by atoms with Crippen molar-refractivity contribution in [3.8, 4) is 0 Å². The van der Waals surface area contributed by atoms with Gasteiger partial charge >= 0.3 is 0 Å². The largest absolute Gasteiger partial charge is 0.350 e. The zero-order valence-corrected chi connectivity index (χ0v) is 14.0. The summed E-state index contributed by atoms with van der Waals surface area (Å²) in [6.45, 7) is -0.652. The predicted octanol–water partition coefficient (Wildman–Crippen LogP) is 1.67. The molecule has 8 heteroatoms. The highest BCUT2D eigenvalue weighted by Gasteiger charge is 2.31. The summed E-state index contributed by atoms with van der Waals surface area (Å²) in [5, 5.41) is 2.25. The summed E-state index contributed by atoms with van der Waals surface area (Å²) in [5.41, 5.74) is 5.54. The zero-order valence-electron chi connectivity index (χ0n) is 13.2. The van der Waals surface area contributed by atoms with E-state index in [2.05, 4.69) is 5.32 Å². The number of alkyl halides is 2. The number of piperidine rings is 1. The fourth-order valence-electron chi connectivity index (χ4n) is 2.54. The van der Waals surface area contributed by atoms with Gasteiger partial charge in [-0.05, 0) is 25.0 Å². The Morgan fingerprint density at radius 1 is 1.21 bits per heavy atom. The van der Waals surface area contributed by atoms with Gasteiger partial charge in [-0.3, -0.25) is 9.59 Å². The van der Waals surface area contributed by atoms with Gasteiger partial charge in [-0.15, -0.1) is 12.4 Å². The van der Waals surface area contributed by atoms with Crippen LogP contribution >= 0.6 is 12.4 Å². The third-order valence-corrected chi connectivity index (χ3v) is 3.99. The van der Waals surface area contributed by atoms with E-state index in [4.69, 9.17) is 5.73 Å². The number of benzene rings is 1. The van der Waals surface area contributed by atoms with Crippen LogP contribution in [0.1, 0.15) is 23.2 Å². The molecule has 0 spiro atoms. The van der Waals surface area contributed by atoms with Crippen LogP contribution in [0.2, 0.25) is 0 Å². The number of likely N-dealkylation sites (tertiary alicyclic amines) is 1. The lowest BCUT2D eigenvalue weighted by Gasteiger charge is -2.31. The number of nitrogens with zero attached hydrogens (tertiary/aromatic N) is 1. The van der Waals surface area contributed by atoms with Gasteiger partial charge in [0.1, 0.15) is 0 Å². The van der Waals surface area contributed by atoms with Crippen molar-refractivity contribution < 1.29 is 18.4 Å². The van der Waals surface area contributed by atoms with E-state index in [0.29, 0.717) is 31.5 Å². The molecule has 5 nitrogen and oxygen atoms in total. The monoisotopic (exact) mass is 361 g/mol. The minimum atomic E-state index is -3.08. The molecule has 1 aliphatic rings. The van der Waals surface area contributed by atoms with Crippen molar-refractivity contribution in [2.24, 2.45) is 11.7 Å². The second-order valence-corrected chi connectivity index (χ2v) is 5.71. The number of hydrogen-bond donors (Lipinski definition) is 2. The van der Waals surface area contributed by atoms with Crippen LogP contribution in [0, 0.1) is 5.92 Å². The Labute approximate surface area is 146 Å². The molecular weight excluding hydrogens is 340 g/mol. The minimum Gasteiger partial charge on any atom is -0.350 e. The molecule has 1 aromatic rings. The maximum Gasteiger partial charge on any atom is 0.277 e. The van der Waals surface area contributed by atoms with E-state index in [9.17, 15) is 18.4 Å². The molecular formula is C16H22ClF2N3O2. The molecule has 1 aliphatic heterocycles. The van der Waals surface area contributed by atoms with E-state index < -0.39 is 24.9 Å². The fraction of sp³-hybridized carbons (Fsp3) is 0.500. The van der Waals surface area contributed by atoms with E-state index >= 15 is 0 Å². The number of nitrogens with one attached hydrogen (secondary N) is 1. The van der Waals surface area contributed by atoms with E-state index in [0.717, 1.165) is 0 Å². The standard InChI is InChI=1S/C16H21F2N3O2.ClH/c17-16(18,10-19)11-20-14(22)12-6-8-21(9-7-12)15(23)13-4-2-1-3-5-13;/h1-5,12H,6-11,19H2,(H,20,22);1H. The highest BCUT2D eigenvalue weighted by Crippen LogP contribution is 2.20. The molecule has 0 atom stereocenters. The Kier molecular flexibility index (Phi) is 7.57.